The highest BCUT2D eigenvalue weighted by Gasteiger charge is 2.19. The van der Waals surface area contributed by atoms with E-state index in [1.165, 1.54) is 0 Å². The molecular formula is C13H15F2NO3. The van der Waals surface area contributed by atoms with Gasteiger partial charge in [-0.3, -0.25) is 0 Å². The molecule has 2 N–H and O–H groups in total. The summed E-state index contributed by atoms with van der Waals surface area (Å²) in [6, 6.07) is 1.54. The summed E-state index contributed by atoms with van der Waals surface area (Å²) in [4.78, 5) is 11.7. The molecule has 1 fully saturated rings. The fourth-order valence-electron chi connectivity index (χ4n) is 1.92. The van der Waals surface area contributed by atoms with Crippen molar-refractivity contribution in [2.45, 2.75) is 12.8 Å². The van der Waals surface area contributed by atoms with E-state index < -0.39 is 17.6 Å². The Labute approximate surface area is 109 Å². The Kier molecular flexibility index (Phi) is 4.31. The number of nitrogen functional groups attached to an aromatic ring is 1. The first-order chi connectivity index (χ1) is 9.08. The van der Waals surface area contributed by atoms with Crippen LogP contribution in [0.15, 0.2) is 12.1 Å². The number of carbonyl (C=O) groups excluding carboxylic acids is 1. The van der Waals surface area contributed by atoms with Gasteiger partial charge in [0.2, 0.25) is 0 Å². The van der Waals surface area contributed by atoms with Gasteiger partial charge in [-0.15, -0.1) is 0 Å². The number of hydrogen-bond acceptors (Lipinski definition) is 4. The third-order valence-electron chi connectivity index (χ3n) is 3.10. The minimum Gasteiger partial charge on any atom is -0.462 e. The van der Waals surface area contributed by atoms with Crippen LogP contribution in [0.5, 0.6) is 0 Å². The highest BCUT2D eigenvalue weighted by Crippen LogP contribution is 2.20. The number of anilines is 1. The third kappa shape index (κ3) is 3.41. The van der Waals surface area contributed by atoms with E-state index in [4.69, 9.17) is 15.2 Å². The van der Waals surface area contributed by atoms with Crippen LogP contribution >= 0.6 is 0 Å². The molecule has 0 bridgehead atoms. The van der Waals surface area contributed by atoms with E-state index in [1.807, 2.05) is 0 Å². The Balaban J connectivity index is 1.97. The second kappa shape index (κ2) is 5.97. The molecular weight excluding hydrogens is 256 g/mol. The molecule has 0 aliphatic carbocycles. The van der Waals surface area contributed by atoms with E-state index in [0.717, 1.165) is 25.0 Å². The molecule has 0 aromatic heterocycles. The van der Waals surface area contributed by atoms with E-state index in [2.05, 4.69) is 0 Å². The second-order valence-corrected chi connectivity index (χ2v) is 4.51. The van der Waals surface area contributed by atoms with Crippen molar-refractivity contribution in [2.24, 2.45) is 5.92 Å². The molecule has 1 aromatic rings. The minimum atomic E-state index is -1.12. The molecule has 1 aliphatic heterocycles. The lowest BCUT2D eigenvalue weighted by atomic mass is 10.0. The Morgan fingerprint density at radius 1 is 1.32 bits per heavy atom. The van der Waals surface area contributed by atoms with Gasteiger partial charge >= 0.3 is 5.97 Å². The van der Waals surface area contributed by atoms with Gasteiger partial charge in [0.15, 0.2) is 11.6 Å². The highest BCUT2D eigenvalue weighted by atomic mass is 19.2. The van der Waals surface area contributed by atoms with E-state index in [9.17, 15) is 13.6 Å². The van der Waals surface area contributed by atoms with Crippen LogP contribution in [0.3, 0.4) is 0 Å². The maximum absolute atomic E-state index is 13.1. The summed E-state index contributed by atoms with van der Waals surface area (Å²) in [5.41, 5.74) is 5.20. The predicted molar refractivity (Wildman–Crippen MR) is 64.6 cm³/mol. The van der Waals surface area contributed by atoms with Gasteiger partial charge in [0, 0.05) is 25.0 Å². The summed E-state index contributed by atoms with van der Waals surface area (Å²) in [5.74, 6) is -2.70. The monoisotopic (exact) mass is 271 g/mol. The molecule has 0 spiro atoms. The Morgan fingerprint density at radius 2 is 1.95 bits per heavy atom. The van der Waals surface area contributed by atoms with E-state index >= 15 is 0 Å². The van der Waals surface area contributed by atoms with Crippen LogP contribution in [0.2, 0.25) is 0 Å². The number of nitrogens with two attached hydrogens (primary N) is 1. The first-order valence-corrected chi connectivity index (χ1v) is 6.07. The lowest BCUT2D eigenvalue weighted by molar-refractivity contribution is 0.0186. The molecule has 1 aromatic carbocycles. The number of benzene rings is 1. The maximum Gasteiger partial charge on any atom is 0.340 e. The fraction of sp³-hybridized carbons (Fsp3) is 0.462. The van der Waals surface area contributed by atoms with Crippen molar-refractivity contribution in [1.82, 2.24) is 0 Å². The van der Waals surface area contributed by atoms with Gasteiger partial charge in [0.05, 0.1) is 12.2 Å². The third-order valence-corrected chi connectivity index (χ3v) is 3.10. The van der Waals surface area contributed by atoms with Crippen LogP contribution in [0.25, 0.3) is 0 Å². The van der Waals surface area contributed by atoms with Crippen molar-refractivity contribution in [1.29, 1.82) is 0 Å². The van der Waals surface area contributed by atoms with Crippen molar-refractivity contribution in [3.05, 3.63) is 29.3 Å². The van der Waals surface area contributed by atoms with E-state index in [-0.39, 0.29) is 23.8 Å². The molecule has 19 heavy (non-hydrogen) atoms. The predicted octanol–water partition coefficient (Wildman–Crippen LogP) is 2.13. The molecule has 1 heterocycles. The lowest BCUT2D eigenvalue weighted by Crippen LogP contribution is -2.22. The molecule has 0 unspecified atom stereocenters. The number of esters is 1. The minimum absolute atomic E-state index is 0.129. The first kappa shape index (κ1) is 13.7. The number of rotatable bonds is 3. The lowest BCUT2D eigenvalue weighted by Gasteiger charge is -2.21. The molecule has 0 saturated carbocycles. The number of carbonyl (C=O) groups is 1. The summed E-state index contributed by atoms with van der Waals surface area (Å²) in [6.07, 6.45) is 1.64. The molecule has 2 rings (SSSR count). The van der Waals surface area contributed by atoms with Crippen LogP contribution in [-0.2, 0) is 9.47 Å². The molecule has 0 atom stereocenters. The number of hydrogen-bond donors (Lipinski definition) is 1. The largest absolute Gasteiger partial charge is 0.462 e. The van der Waals surface area contributed by atoms with Crippen LogP contribution < -0.4 is 5.73 Å². The van der Waals surface area contributed by atoms with Crippen LogP contribution in [0, 0.1) is 17.6 Å². The standard InChI is InChI=1S/C13H15F2NO3/c14-10-5-9(12(16)6-11(10)15)13(17)19-7-8-1-3-18-4-2-8/h5-6,8H,1-4,7,16H2. The van der Waals surface area contributed by atoms with Crippen LogP contribution in [-0.4, -0.2) is 25.8 Å². The van der Waals surface area contributed by atoms with Crippen molar-refractivity contribution >= 4 is 11.7 Å². The zero-order valence-corrected chi connectivity index (χ0v) is 10.3. The smallest absolute Gasteiger partial charge is 0.340 e. The van der Waals surface area contributed by atoms with Crippen molar-refractivity contribution < 1.29 is 23.0 Å². The molecule has 1 saturated heterocycles. The molecule has 0 radical (unpaired) electrons. The average molecular weight is 271 g/mol. The summed E-state index contributed by atoms with van der Waals surface area (Å²) in [5, 5.41) is 0. The summed E-state index contributed by atoms with van der Waals surface area (Å²) in [7, 11) is 0. The molecule has 6 heteroatoms. The van der Waals surface area contributed by atoms with Gasteiger partial charge in [-0.1, -0.05) is 0 Å². The normalized spacial score (nSPS) is 16.3. The molecule has 104 valence electrons. The molecule has 4 nitrogen and oxygen atoms in total. The van der Waals surface area contributed by atoms with Crippen molar-refractivity contribution in [3.8, 4) is 0 Å². The zero-order valence-electron chi connectivity index (χ0n) is 10.3. The van der Waals surface area contributed by atoms with Gasteiger partial charge < -0.3 is 15.2 Å². The van der Waals surface area contributed by atoms with E-state index in [1.54, 1.807) is 0 Å². The summed E-state index contributed by atoms with van der Waals surface area (Å²) in [6.45, 7) is 1.53. The van der Waals surface area contributed by atoms with Crippen molar-refractivity contribution in [2.75, 3.05) is 25.6 Å². The molecule has 0 amide bonds. The Hall–Kier alpha value is -1.69. The van der Waals surface area contributed by atoms with E-state index in [0.29, 0.717) is 13.2 Å². The van der Waals surface area contributed by atoms with Crippen LogP contribution in [0.4, 0.5) is 14.5 Å². The summed E-state index contributed by atoms with van der Waals surface area (Å²) >= 11 is 0. The van der Waals surface area contributed by atoms with Gasteiger partial charge in [0.25, 0.3) is 0 Å². The quantitative estimate of drug-likeness (QED) is 0.675. The number of halogens is 2. The fourth-order valence-corrected chi connectivity index (χ4v) is 1.92. The number of ether oxygens (including phenoxy) is 2. The SMILES string of the molecule is Nc1cc(F)c(F)cc1C(=O)OCC1CCOCC1. The van der Waals surface area contributed by atoms with Gasteiger partial charge in [-0.2, -0.15) is 0 Å². The van der Waals surface area contributed by atoms with Crippen LogP contribution in [0.1, 0.15) is 23.2 Å². The van der Waals surface area contributed by atoms with Gasteiger partial charge in [0.1, 0.15) is 0 Å². The second-order valence-electron chi connectivity index (χ2n) is 4.51. The summed E-state index contributed by atoms with van der Waals surface area (Å²) < 4.78 is 36.2. The maximum atomic E-state index is 13.1. The highest BCUT2D eigenvalue weighted by molar-refractivity contribution is 5.95. The molecule has 1 aliphatic rings. The topological polar surface area (TPSA) is 61.6 Å². The van der Waals surface area contributed by atoms with Gasteiger partial charge in [-0.05, 0) is 24.8 Å². The first-order valence-electron chi connectivity index (χ1n) is 6.07. The van der Waals surface area contributed by atoms with Crippen molar-refractivity contribution in [3.63, 3.8) is 0 Å². The average Bonchev–Trinajstić information content (AvgIpc) is 2.41. The Morgan fingerprint density at radius 3 is 2.63 bits per heavy atom. The van der Waals surface area contributed by atoms with Gasteiger partial charge in [-0.25, -0.2) is 13.6 Å². The Bertz CT molecular complexity index is 473. The zero-order chi connectivity index (χ0) is 13.8.